The first kappa shape index (κ1) is 22.9. The van der Waals surface area contributed by atoms with E-state index in [9.17, 15) is 19.8 Å². The highest BCUT2D eigenvalue weighted by molar-refractivity contribution is 5.91. The minimum absolute atomic E-state index is 0.0644. The van der Waals surface area contributed by atoms with Crippen molar-refractivity contribution in [3.63, 3.8) is 0 Å². The Morgan fingerprint density at radius 3 is 2.45 bits per heavy atom. The lowest BCUT2D eigenvalue weighted by molar-refractivity contribution is -0.141. The topological polar surface area (TPSA) is 116 Å². The Labute approximate surface area is 172 Å². The van der Waals surface area contributed by atoms with E-state index in [2.05, 4.69) is 17.2 Å². The van der Waals surface area contributed by atoms with Gasteiger partial charge in [0.25, 0.3) is 0 Å². The van der Waals surface area contributed by atoms with Gasteiger partial charge in [-0.15, -0.1) is 5.92 Å². The van der Waals surface area contributed by atoms with Crippen molar-refractivity contribution in [1.29, 1.82) is 0 Å². The zero-order valence-electron chi connectivity index (χ0n) is 17.5. The van der Waals surface area contributed by atoms with Crippen LogP contribution in [0.5, 0.6) is 0 Å². The largest absolute Gasteiger partial charge is 0.394 e. The summed E-state index contributed by atoms with van der Waals surface area (Å²) in [5.41, 5.74) is 7.18. The highest BCUT2D eigenvalue weighted by atomic mass is 16.3. The van der Waals surface area contributed by atoms with Gasteiger partial charge in [0.2, 0.25) is 11.8 Å². The number of aliphatic hydroxyl groups is 2. The fraction of sp³-hybridized carbons (Fsp3) is 0.545. The molecule has 0 aliphatic carbocycles. The highest BCUT2D eigenvalue weighted by Crippen LogP contribution is 2.25. The highest BCUT2D eigenvalue weighted by Gasteiger charge is 2.43. The van der Waals surface area contributed by atoms with E-state index in [1.165, 1.54) is 4.90 Å². The molecule has 5 N–H and O–H groups in total. The van der Waals surface area contributed by atoms with Crippen LogP contribution in [0.2, 0.25) is 0 Å². The van der Waals surface area contributed by atoms with Gasteiger partial charge in [-0.25, -0.2) is 0 Å². The summed E-state index contributed by atoms with van der Waals surface area (Å²) in [6.45, 7) is 7.08. The van der Waals surface area contributed by atoms with Crippen molar-refractivity contribution >= 4 is 11.8 Å². The molecule has 7 nitrogen and oxygen atoms in total. The van der Waals surface area contributed by atoms with Crippen molar-refractivity contribution in [3.8, 4) is 11.8 Å². The molecule has 0 bridgehead atoms. The van der Waals surface area contributed by atoms with Crippen LogP contribution in [0.25, 0.3) is 0 Å². The van der Waals surface area contributed by atoms with Gasteiger partial charge >= 0.3 is 0 Å². The SMILES string of the molecule is CC#Cc1ccc([C@H](CO)NC(=O)[C@@H]2C[C@@H](O)CN2C(=O)C(N)C(C)(C)C)cc1. The van der Waals surface area contributed by atoms with Crippen LogP contribution in [-0.2, 0) is 9.59 Å². The van der Waals surface area contributed by atoms with Crippen LogP contribution < -0.4 is 11.1 Å². The Hall–Kier alpha value is -2.40. The standard InChI is InChI=1S/C22H31N3O4/c1-5-6-14-7-9-15(10-8-14)17(13-26)24-20(28)18-11-16(27)12-25(18)21(29)19(23)22(2,3)4/h7-10,16-19,26-27H,11-13,23H2,1-4H3,(H,24,28)/t16-,17+,18+,19?/m1/s1. The second kappa shape index (κ2) is 9.40. The number of nitrogens with zero attached hydrogens (tertiary/aromatic N) is 1. The summed E-state index contributed by atoms with van der Waals surface area (Å²) in [7, 11) is 0. The van der Waals surface area contributed by atoms with Crippen LogP contribution in [0, 0.1) is 17.3 Å². The Bertz CT molecular complexity index is 789. The van der Waals surface area contributed by atoms with Crippen molar-refractivity contribution in [2.24, 2.45) is 11.1 Å². The van der Waals surface area contributed by atoms with E-state index < -0.39 is 35.6 Å². The number of carbonyl (C=O) groups is 2. The zero-order chi connectivity index (χ0) is 21.8. The Morgan fingerprint density at radius 2 is 1.93 bits per heavy atom. The predicted octanol–water partition coefficient (Wildman–Crippen LogP) is 0.543. The van der Waals surface area contributed by atoms with Gasteiger partial charge in [-0.3, -0.25) is 9.59 Å². The van der Waals surface area contributed by atoms with Gasteiger partial charge in [-0.2, -0.15) is 0 Å². The monoisotopic (exact) mass is 401 g/mol. The fourth-order valence-electron chi connectivity index (χ4n) is 3.30. The molecular formula is C22H31N3O4. The second-order valence-electron chi connectivity index (χ2n) is 8.48. The van der Waals surface area contributed by atoms with E-state index in [0.717, 1.165) is 11.1 Å². The summed E-state index contributed by atoms with van der Waals surface area (Å²) in [6.07, 6.45) is -0.654. The van der Waals surface area contributed by atoms with Crippen molar-refractivity contribution in [2.75, 3.05) is 13.2 Å². The quantitative estimate of drug-likeness (QED) is 0.538. The summed E-state index contributed by atoms with van der Waals surface area (Å²) >= 11 is 0. The maximum absolute atomic E-state index is 12.9. The van der Waals surface area contributed by atoms with E-state index >= 15 is 0 Å². The Morgan fingerprint density at radius 1 is 1.31 bits per heavy atom. The summed E-state index contributed by atoms with van der Waals surface area (Å²) in [6, 6.07) is 4.98. The average molecular weight is 402 g/mol. The van der Waals surface area contributed by atoms with Crippen molar-refractivity contribution in [2.45, 2.75) is 58.3 Å². The number of carbonyl (C=O) groups excluding carboxylic acids is 2. The average Bonchev–Trinajstić information content (AvgIpc) is 3.07. The lowest BCUT2D eigenvalue weighted by atomic mass is 9.86. The van der Waals surface area contributed by atoms with Crippen LogP contribution in [0.15, 0.2) is 24.3 Å². The number of likely N-dealkylation sites (tertiary alicyclic amines) is 1. The molecule has 1 heterocycles. The van der Waals surface area contributed by atoms with Crippen LogP contribution in [0.1, 0.15) is 51.3 Å². The minimum atomic E-state index is -0.829. The van der Waals surface area contributed by atoms with Crippen molar-refractivity contribution < 1.29 is 19.8 Å². The molecule has 1 fully saturated rings. The van der Waals surface area contributed by atoms with E-state index in [1.54, 1.807) is 19.1 Å². The smallest absolute Gasteiger partial charge is 0.243 e. The first-order chi connectivity index (χ1) is 13.6. The molecule has 4 atom stereocenters. The van der Waals surface area contributed by atoms with Crippen LogP contribution >= 0.6 is 0 Å². The first-order valence-corrected chi connectivity index (χ1v) is 9.76. The molecule has 2 rings (SSSR count). The number of hydrogen-bond acceptors (Lipinski definition) is 5. The normalized spacial score (nSPS) is 21.1. The fourth-order valence-corrected chi connectivity index (χ4v) is 3.30. The summed E-state index contributed by atoms with van der Waals surface area (Å²) in [4.78, 5) is 27.1. The van der Waals surface area contributed by atoms with Gasteiger partial charge in [-0.1, -0.05) is 38.8 Å². The number of benzene rings is 1. The van der Waals surface area contributed by atoms with Gasteiger partial charge in [0.05, 0.1) is 24.8 Å². The number of β-amino-alcohol motifs (C(OH)–C–C–N with tert-alkyl or cyclic N) is 1. The minimum Gasteiger partial charge on any atom is -0.394 e. The lowest BCUT2D eigenvalue weighted by Gasteiger charge is -2.33. The maximum Gasteiger partial charge on any atom is 0.243 e. The summed E-state index contributed by atoms with van der Waals surface area (Å²) < 4.78 is 0. The summed E-state index contributed by atoms with van der Waals surface area (Å²) in [5, 5.41) is 22.6. The number of nitrogens with two attached hydrogens (primary N) is 1. The molecule has 1 aromatic rings. The molecule has 1 aliphatic heterocycles. The molecule has 0 spiro atoms. The summed E-state index contributed by atoms with van der Waals surface area (Å²) in [5.74, 6) is 4.97. The molecule has 1 unspecified atom stereocenters. The van der Waals surface area contributed by atoms with E-state index in [1.807, 2.05) is 32.9 Å². The van der Waals surface area contributed by atoms with Crippen LogP contribution in [0.3, 0.4) is 0 Å². The lowest BCUT2D eigenvalue weighted by Crippen LogP contribution is -2.55. The number of amides is 2. The van der Waals surface area contributed by atoms with Gasteiger partial charge < -0.3 is 26.2 Å². The van der Waals surface area contributed by atoms with Gasteiger partial charge in [-0.05, 0) is 30.0 Å². The van der Waals surface area contributed by atoms with E-state index in [0.29, 0.717) is 0 Å². The molecule has 7 heteroatoms. The molecule has 1 saturated heterocycles. The Balaban J connectivity index is 2.15. The zero-order valence-corrected chi connectivity index (χ0v) is 17.5. The molecule has 0 radical (unpaired) electrons. The third-order valence-corrected chi connectivity index (χ3v) is 5.15. The molecule has 0 aromatic heterocycles. The third kappa shape index (κ3) is 5.57. The molecule has 29 heavy (non-hydrogen) atoms. The third-order valence-electron chi connectivity index (χ3n) is 5.15. The van der Waals surface area contributed by atoms with Gasteiger partial charge in [0.15, 0.2) is 0 Å². The van der Waals surface area contributed by atoms with Crippen LogP contribution in [-0.4, -0.2) is 58.3 Å². The van der Waals surface area contributed by atoms with E-state index in [-0.39, 0.29) is 25.5 Å². The maximum atomic E-state index is 12.9. The van der Waals surface area contributed by atoms with Crippen molar-refractivity contribution in [1.82, 2.24) is 10.2 Å². The van der Waals surface area contributed by atoms with Crippen molar-refractivity contribution in [3.05, 3.63) is 35.4 Å². The van der Waals surface area contributed by atoms with Gasteiger partial charge in [0.1, 0.15) is 6.04 Å². The first-order valence-electron chi connectivity index (χ1n) is 9.76. The number of rotatable bonds is 5. The number of nitrogens with one attached hydrogen (secondary N) is 1. The molecule has 158 valence electrons. The Kier molecular flexibility index (Phi) is 7.42. The predicted molar refractivity (Wildman–Crippen MR) is 111 cm³/mol. The van der Waals surface area contributed by atoms with Gasteiger partial charge in [0, 0.05) is 18.5 Å². The number of hydrogen-bond donors (Lipinski definition) is 4. The molecule has 0 saturated carbocycles. The molecule has 1 aliphatic rings. The number of aliphatic hydroxyl groups excluding tert-OH is 2. The van der Waals surface area contributed by atoms with Crippen LogP contribution in [0.4, 0.5) is 0 Å². The van der Waals surface area contributed by atoms with E-state index in [4.69, 9.17) is 5.73 Å². The molecular weight excluding hydrogens is 370 g/mol. The molecule has 1 aromatic carbocycles. The molecule has 2 amide bonds. The second-order valence-corrected chi connectivity index (χ2v) is 8.48.